The van der Waals surface area contributed by atoms with Gasteiger partial charge in [-0.2, -0.15) is 0 Å². The Morgan fingerprint density at radius 3 is 2.22 bits per heavy atom. The number of hydrogen-bond acceptors (Lipinski definition) is 11. The van der Waals surface area contributed by atoms with Crippen LogP contribution in [0.5, 0.6) is 0 Å². The molecule has 1 aliphatic rings. The minimum atomic E-state index is -1.50. The topological polar surface area (TPSA) is 192 Å². The van der Waals surface area contributed by atoms with Gasteiger partial charge < -0.3 is 29.0 Å². The lowest BCUT2D eigenvalue weighted by Gasteiger charge is -2.40. The van der Waals surface area contributed by atoms with Crippen molar-refractivity contribution in [2.75, 3.05) is 13.7 Å². The van der Waals surface area contributed by atoms with Gasteiger partial charge in [-0.1, -0.05) is 5.11 Å². The van der Waals surface area contributed by atoms with Gasteiger partial charge in [-0.15, -0.1) is 0 Å². The minimum absolute atomic E-state index is 0.400. The minimum Gasteiger partial charge on any atom is -0.477 e. The van der Waals surface area contributed by atoms with Crippen molar-refractivity contribution >= 4 is 29.8 Å². The highest BCUT2D eigenvalue weighted by Crippen LogP contribution is 2.28. The summed E-state index contributed by atoms with van der Waals surface area (Å²) in [6.45, 7) is 3.87. The van der Waals surface area contributed by atoms with Crippen LogP contribution in [0, 0.1) is 0 Å². The van der Waals surface area contributed by atoms with Crippen molar-refractivity contribution in [3.8, 4) is 0 Å². The molecule has 0 aromatic carbocycles. The zero-order chi connectivity index (χ0) is 24.4. The molecule has 0 radical (unpaired) electrons. The first-order valence-electron chi connectivity index (χ1n) is 9.26. The molecule has 1 N–H and O–H groups in total. The van der Waals surface area contributed by atoms with Crippen LogP contribution in [0.1, 0.15) is 27.7 Å². The summed E-state index contributed by atoms with van der Waals surface area (Å²) in [7, 11) is 1.08. The van der Waals surface area contributed by atoms with Gasteiger partial charge >= 0.3 is 23.9 Å². The number of carbonyl (C=O) groups excluding carboxylic acids is 5. The maximum atomic E-state index is 12.1. The van der Waals surface area contributed by atoms with Crippen LogP contribution in [0.3, 0.4) is 0 Å². The number of nitrogens with one attached hydrogen (secondary N) is 1. The lowest BCUT2D eigenvalue weighted by atomic mass is 9.92. The summed E-state index contributed by atoms with van der Waals surface area (Å²) in [5, 5.41) is 6.07. The predicted octanol–water partition coefficient (Wildman–Crippen LogP) is 0.0522. The monoisotopic (exact) mass is 456 g/mol. The van der Waals surface area contributed by atoms with Gasteiger partial charge in [-0.3, -0.25) is 19.2 Å². The second-order valence-corrected chi connectivity index (χ2v) is 6.55. The first-order chi connectivity index (χ1) is 15.0. The van der Waals surface area contributed by atoms with Gasteiger partial charge in [0.25, 0.3) is 0 Å². The van der Waals surface area contributed by atoms with Crippen LogP contribution in [-0.4, -0.2) is 73.9 Å². The van der Waals surface area contributed by atoms with Gasteiger partial charge in [0.05, 0.1) is 19.2 Å². The number of ether oxygens (including phenoxy) is 5. The van der Waals surface area contributed by atoms with Gasteiger partial charge in [0.1, 0.15) is 6.61 Å². The van der Waals surface area contributed by atoms with Crippen LogP contribution in [0.2, 0.25) is 0 Å². The fraction of sp³-hybridized carbons (Fsp3) is 0.611. The molecule has 0 unspecified atom stereocenters. The van der Waals surface area contributed by atoms with E-state index >= 15 is 0 Å². The fourth-order valence-corrected chi connectivity index (χ4v) is 2.92. The van der Waals surface area contributed by atoms with Gasteiger partial charge in [0.2, 0.25) is 11.7 Å². The smallest absolute Gasteiger partial charge is 0.372 e. The number of amides is 1. The molecule has 0 spiro atoms. The van der Waals surface area contributed by atoms with Crippen molar-refractivity contribution in [3.05, 3.63) is 22.3 Å². The molecule has 0 fully saturated rings. The summed E-state index contributed by atoms with van der Waals surface area (Å²) in [5.74, 6) is -4.27. The molecule has 0 saturated heterocycles. The third kappa shape index (κ3) is 7.80. The van der Waals surface area contributed by atoms with Crippen LogP contribution in [0.4, 0.5) is 0 Å². The molecular formula is C18H24N4O10. The Bertz CT molecular complexity index is 836. The highest BCUT2D eigenvalue weighted by atomic mass is 16.6. The molecule has 14 nitrogen and oxygen atoms in total. The van der Waals surface area contributed by atoms with Crippen LogP contribution >= 0.6 is 0 Å². The Balaban J connectivity index is 3.57. The lowest BCUT2D eigenvalue weighted by molar-refractivity contribution is -0.187. The fourth-order valence-electron chi connectivity index (χ4n) is 2.92. The molecule has 176 valence electrons. The normalized spacial score (nSPS) is 21.3. The second kappa shape index (κ2) is 12.2. The average molecular weight is 456 g/mol. The van der Waals surface area contributed by atoms with Crippen LogP contribution < -0.4 is 5.32 Å². The molecule has 5 atom stereocenters. The number of nitrogens with zero attached hydrogens (tertiary/aromatic N) is 3. The number of rotatable bonds is 9. The van der Waals surface area contributed by atoms with Crippen molar-refractivity contribution < 1.29 is 47.7 Å². The maximum Gasteiger partial charge on any atom is 0.372 e. The number of azide groups is 1. The zero-order valence-corrected chi connectivity index (χ0v) is 18.1. The maximum absolute atomic E-state index is 12.1. The number of hydrogen-bond donors (Lipinski definition) is 1. The van der Waals surface area contributed by atoms with Crippen molar-refractivity contribution in [1.29, 1.82) is 0 Å². The van der Waals surface area contributed by atoms with E-state index in [1.807, 2.05) is 0 Å². The molecule has 0 bridgehead atoms. The summed E-state index contributed by atoms with van der Waals surface area (Å²) in [5.41, 5.74) is 8.94. The van der Waals surface area contributed by atoms with E-state index in [0.717, 1.165) is 34.0 Å². The van der Waals surface area contributed by atoms with Gasteiger partial charge in [0.15, 0.2) is 18.3 Å². The Hall–Kier alpha value is -3.80. The molecule has 0 aliphatic carbocycles. The van der Waals surface area contributed by atoms with E-state index in [-0.39, 0.29) is 0 Å². The average Bonchev–Trinajstić information content (AvgIpc) is 2.69. The molecule has 32 heavy (non-hydrogen) atoms. The zero-order valence-electron chi connectivity index (χ0n) is 18.1. The highest BCUT2D eigenvalue weighted by molar-refractivity contribution is 5.86. The number of esters is 4. The third-order valence-corrected chi connectivity index (χ3v) is 4.01. The molecular weight excluding hydrogens is 432 g/mol. The standard InChI is InChI=1S/C18H24N4O10/c1-8(23)20-15-12(21-22-19)6-13(18(27)28-5)32-17(15)16(31-11(4)26)14(30-10(3)25)7-29-9(2)24/h6,12,14-17H,7H2,1-5H3,(H,20,23)/t12-,14+,15+,16+,17+/m0/s1. The molecule has 14 heteroatoms. The van der Waals surface area contributed by atoms with Gasteiger partial charge in [0, 0.05) is 32.6 Å². The van der Waals surface area contributed by atoms with Gasteiger partial charge in [-0.25, -0.2) is 4.79 Å². The largest absolute Gasteiger partial charge is 0.477 e. The molecule has 0 aromatic rings. The number of carbonyl (C=O) groups is 5. The van der Waals surface area contributed by atoms with Crippen molar-refractivity contribution in [3.63, 3.8) is 0 Å². The molecule has 0 aromatic heterocycles. The predicted molar refractivity (Wildman–Crippen MR) is 103 cm³/mol. The summed E-state index contributed by atoms with van der Waals surface area (Å²) < 4.78 is 25.6. The Kier molecular flexibility index (Phi) is 9.96. The molecule has 0 saturated carbocycles. The van der Waals surface area contributed by atoms with E-state index in [2.05, 4.69) is 20.1 Å². The Morgan fingerprint density at radius 1 is 1.12 bits per heavy atom. The third-order valence-electron chi connectivity index (χ3n) is 4.01. The highest BCUT2D eigenvalue weighted by Gasteiger charge is 2.47. The van der Waals surface area contributed by atoms with Crippen LogP contribution in [-0.2, 0) is 47.7 Å². The van der Waals surface area contributed by atoms with Crippen molar-refractivity contribution in [2.24, 2.45) is 5.11 Å². The first-order valence-corrected chi connectivity index (χ1v) is 9.26. The molecule has 1 rings (SSSR count). The second-order valence-electron chi connectivity index (χ2n) is 6.55. The van der Waals surface area contributed by atoms with E-state index in [9.17, 15) is 24.0 Å². The quantitative estimate of drug-likeness (QED) is 0.163. The van der Waals surface area contributed by atoms with E-state index in [0.29, 0.717) is 0 Å². The summed E-state index contributed by atoms with van der Waals surface area (Å²) in [4.78, 5) is 61.4. The molecule has 1 aliphatic heterocycles. The van der Waals surface area contributed by atoms with E-state index in [1.165, 1.54) is 6.92 Å². The molecule has 1 amide bonds. The first kappa shape index (κ1) is 26.2. The van der Waals surface area contributed by atoms with E-state index < -0.39 is 72.5 Å². The summed E-state index contributed by atoms with van der Waals surface area (Å²) >= 11 is 0. The van der Waals surface area contributed by atoms with Crippen LogP contribution in [0.15, 0.2) is 16.9 Å². The van der Waals surface area contributed by atoms with E-state index in [1.54, 1.807) is 0 Å². The summed E-state index contributed by atoms with van der Waals surface area (Å²) in [6, 6.07) is -2.35. The Labute approximate surface area is 182 Å². The number of methoxy groups -OCH3 is 1. The SMILES string of the molecule is COC(=O)C1=C[C@H](N=[N+]=[N-])[C@@H](NC(C)=O)[C@H]([C@H](OC(C)=O)[C@@H](COC(C)=O)OC(C)=O)O1. The van der Waals surface area contributed by atoms with E-state index in [4.69, 9.17) is 24.5 Å². The summed E-state index contributed by atoms with van der Waals surface area (Å²) in [6.07, 6.45) is -3.19. The van der Waals surface area contributed by atoms with Crippen LogP contribution in [0.25, 0.3) is 10.4 Å². The molecule has 1 heterocycles. The van der Waals surface area contributed by atoms with Gasteiger partial charge in [-0.05, 0) is 11.6 Å². The van der Waals surface area contributed by atoms with Crippen molar-refractivity contribution in [1.82, 2.24) is 5.32 Å². The Morgan fingerprint density at radius 2 is 1.75 bits per heavy atom. The lowest BCUT2D eigenvalue weighted by Crippen LogP contribution is -2.61. The van der Waals surface area contributed by atoms with Crippen molar-refractivity contribution in [2.45, 2.75) is 58.1 Å².